The first-order chi connectivity index (χ1) is 16.8. The molecule has 3 amide bonds. The molecular formula is C23H24F3N7O2. The molecule has 35 heavy (non-hydrogen) atoms. The number of halogens is 3. The van der Waals surface area contributed by atoms with Crippen molar-refractivity contribution in [2.45, 2.75) is 19.4 Å². The predicted octanol–water partition coefficient (Wildman–Crippen LogP) is 2.66. The van der Waals surface area contributed by atoms with Gasteiger partial charge in [-0.3, -0.25) is 4.79 Å². The SMILES string of the molecule is CC1CN(C(=O)c2nc(N3CCN(C(=O)N4N=CCC4c4cc(F)cc(F)c4)CC3)ncc2F)C1. The van der Waals surface area contributed by atoms with Crippen molar-refractivity contribution < 1.29 is 22.8 Å². The summed E-state index contributed by atoms with van der Waals surface area (Å²) in [6.45, 7) is 4.50. The molecule has 0 radical (unpaired) electrons. The summed E-state index contributed by atoms with van der Waals surface area (Å²) in [5, 5.41) is 5.37. The molecule has 9 nitrogen and oxygen atoms in total. The summed E-state index contributed by atoms with van der Waals surface area (Å²) in [5.74, 6) is -2.04. The number of anilines is 1. The maximum atomic E-state index is 14.3. The maximum absolute atomic E-state index is 14.3. The third-order valence-electron chi connectivity index (χ3n) is 6.41. The number of nitrogens with zero attached hydrogens (tertiary/aromatic N) is 7. The number of hydrazone groups is 1. The summed E-state index contributed by atoms with van der Waals surface area (Å²) < 4.78 is 41.7. The molecule has 12 heteroatoms. The Morgan fingerprint density at radius 3 is 2.31 bits per heavy atom. The van der Waals surface area contributed by atoms with Gasteiger partial charge in [0.2, 0.25) is 5.95 Å². The van der Waals surface area contributed by atoms with Crippen LogP contribution in [0, 0.1) is 23.4 Å². The summed E-state index contributed by atoms with van der Waals surface area (Å²) in [5.41, 5.74) is 0.0810. The molecule has 3 aliphatic heterocycles. The second-order valence-electron chi connectivity index (χ2n) is 9.04. The number of carbonyl (C=O) groups excluding carboxylic acids is 2. The number of aromatic nitrogens is 2. The van der Waals surface area contributed by atoms with E-state index in [9.17, 15) is 22.8 Å². The summed E-state index contributed by atoms with van der Waals surface area (Å²) in [6.07, 6.45) is 2.90. The number of hydrogen-bond donors (Lipinski definition) is 0. The Hall–Kier alpha value is -3.70. The number of urea groups is 1. The van der Waals surface area contributed by atoms with Crippen molar-refractivity contribution >= 4 is 24.1 Å². The van der Waals surface area contributed by atoms with Crippen LogP contribution in [0.5, 0.6) is 0 Å². The molecule has 5 rings (SSSR count). The number of benzene rings is 1. The summed E-state index contributed by atoms with van der Waals surface area (Å²) >= 11 is 0. The molecule has 4 heterocycles. The molecule has 2 aromatic rings. The topological polar surface area (TPSA) is 85.2 Å². The van der Waals surface area contributed by atoms with E-state index in [1.165, 1.54) is 17.1 Å². The van der Waals surface area contributed by atoms with Crippen LogP contribution in [0.3, 0.4) is 0 Å². The zero-order valence-corrected chi connectivity index (χ0v) is 19.1. The van der Waals surface area contributed by atoms with Gasteiger partial charge >= 0.3 is 6.03 Å². The molecule has 1 aromatic carbocycles. The summed E-state index contributed by atoms with van der Waals surface area (Å²) in [6, 6.07) is 2.21. The molecule has 3 aliphatic rings. The van der Waals surface area contributed by atoms with Gasteiger partial charge in [-0.25, -0.2) is 32.9 Å². The highest BCUT2D eigenvalue weighted by Crippen LogP contribution is 2.30. The van der Waals surface area contributed by atoms with Crippen LogP contribution in [-0.4, -0.2) is 82.2 Å². The Bertz CT molecular complexity index is 1160. The summed E-state index contributed by atoms with van der Waals surface area (Å²) in [4.78, 5) is 38.8. The minimum atomic E-state index is -0.765. The van der Waals surface area contributed by atoms with E-state index in [-0.39, 0.29) is 17.7 Å². The van der Waals surface area contributed by atoms with Crippen molar-refractivity contribution in [3.8, 4) is 0 Å². The van der Waals surface area contributed by atoms with Crippen molar-refractivity contribution in [1.82, 2.24) is 24.8 Å². The third-order valence-corrected chi connectivity index (χ3v) is 6.41. The molecule has 0 bridgehead atoms. The first-order valence-corrected chi connectivity index (χ1v) is 11.4. The van der Waals surface area contributed by atoms with Crippen LogP contribution < -0.4 is 4.90 Å². The zero-order chi connectivity index (χ0) is 24.7. The van der Waals surface area contributed by atoms with E-state index < -0.39 is 29.4 Å². The fourth-order valence-electron chi connectivity index (χ4n) is 4.56. The van der Waals surface area contributed by atoms with E-state index in [1.807, 2.05) is 6.92 Å². The van der Waals surface area contributed by atoms with Crippen LogP contribution in [-0.2, 0) is 0 Å². The highest BCUT2D eigenvalue weighted by molar-refractivity contribution is 5.93. The Labute approximate surface area is 199 Å². The quantitative estimate of drug-likeness (QED) is 0.665. The van der Waals surface area contributed by atoms with E-state index >= 15 is 0 Å². The highest BCUT2D eigenvalue weighted by Gasteiger charge is 2.35. The lowest BCUT2D eigenvalue weighted by Crippen LogP contribution is -2.52. The van der Waals surface area contributed by atoms with Gasteiger partial charge in [0.15, 0.2) is 11.5 Å². The molecule has 0 aliphatic carbocycles. The second-order valence-corrected chi connectivity index (χ2v) is 9.04. The van der Waals surface area contributed by atoms with Gasteiger partial charge in [0.05, 0.1) is 12.2 Å². The molecule has 1 atom stereocenters. The number of hydrogen-bond acceptors (Lipinski definition) is 6. The average molecular weight is 487 g/mol. The van der Waals surface area contributed by atoms with Gasteiger partial charge in [0, 0.05) is 58.0 Å². The molecule has 2 saturated heterocycles. The number of carbonyl (C=O) groups is 2. The second kappa shape index (κ2) is 9.16. The average Bonchev–Trinajstić information content (AvgIpc) is 3.31. The van der Waals surface area contributed by atoms with Gasteiger partial charge < -0.3 is 14.7 Å². The first kappa shape index (κ1) is 23.1. The molecule has 0 spiro atoms. The lowest BCUT2D eigenvalue weighted by Gasteiger charge is -2.38. The minimum Gasteiger partial charge on any atom is -0.337 e. The van der Waals surface area contributed by atoms with E-state index in [2.05, 4.69) is 15.1 Å². The number of rotatable bonds is 3. The smallest absolute Gasteiger partial charge is 0.337 e. The Morgan fingerprint density at radius 2 is 1.66 bits per heavy atom. The molecule has 1 unspecified atom stereocenters. The van der Waals surface area contributed by atoms with E-state index in [0.717, 1.165) is 12.3 Å². The van der Waals surface area contributed by atoms with Crippen molar-refractivity contribution in [1.29, 1.82) is 0 Å². The molecule has 0 N–H and O–H groups in total. The lowest BCUT2D eigenvalue weighted by molar-refractivity contribution is 0.0518. The molecule has 0 saturated carbocycles. The van der Waals surface area contributed by atoms with E-state index in [4.69, 9.17) is 0 Å². The third kappa shape index (κ3) is 4.52. The molecule has 2 fully saturated rings. The molecule has 1 aromatic heterocycles. The number of piperazine rings is 1. The Kier molecular flexibility index (Phi) is 6.03. The maximum Gasteiger partial charge on any atom is 0.341 e. The van der Waals surface area contributed by atoms with Gasteiger partial charge in [-0.05, 0) is 23.6 Å². The Morgan fingerprint density at radius 1 is 0.971 bits per heavy atom. The zero-order valence-electron chi connectivity index (χ0n) is 19.1. The highest BCUT2D eigenvalue weighted by atomic mass is 19.1. The van der Waals surface area contributed by atoms with Gasteiger partial charge in [-0.1, -0.05) is 6.92 Å². The lowest BCUT2D eigenvalue weighted by atomic mass is 10.0. The van der Waals surface area contributed by atoms with Crippen molar-refractivity contribution in [2.75, 3.05) is 44.2 Å². The van der Waals surface area contributed by atoms with Crippen LogP contribution >= 0.6 is 0 Å². The fraction of sp³-hybridized carbons (Fsp3) is 0.435. The Balaban J connectivity index is 1.24. The normalized spacial score (nSPS) is 20.4. The van der Waals surface area contributed by atoms with Crippen LogP contribution in [0.1, 0.15) is 35.4 Å². The van der Waals surface area contributed by atoms with Gasteiger partial charge in [0.25, 0.3) is 5.91 Å². The number of likely N-dealkylation sites (tertiary alicyclic amines) is 1. The predicted molar refractivity (Wildman–Crippen MR) is 120 cm³/mol. The monoisotopic (exact) mass is 487 g/mol. The number of amides is 3. The van der Waals surface area contributed by atoms with Crippen molar-refractivity contribution in [3.05, 3.63) is 53.1 Å². The summed E-state index contributed by atoms with van der Waals surface area (Å²) in [7, 11) is 0. The van der Waals surface area contributed by atoms with Crippen LogP contribution in [0.2, 0.25) is 0 Å². The standard InChI is InChI=1S/C23H24F3N7O2/c1-14-12-32(13-14)21(34)20-18(26)11-27-22(29-20)30-4-6-31(7-5-30)23(35)33-19(2-3-28-33)15-8-16(24)10-17(25)9-15/h3,8-11,14,19H,2,4-7,12-13H2,1H3. The van der Waals surface area contributed by atoms with Crippen molar-refractivity contribution in [2.24, 2.45) is 11.0 Å². The molecule has 184 valence electrons. The van der Waals surface area contributed by atoms with Gasteiger partial charge in [0.1, 0.15) is 11.6 Å². The van der Waals surface area contributed by atoms with Gasteiger partial charge in [-0.15, -0.1) is 0 Å². The molecular weight excluding hydrogens is 463 g/mol. The van der Waals surface area contributed by atoms with Crippen LogP contribution in [0.25, 0.3) is 0 Å². The van der Waals surface area contributed by atoms with Gasteiger partial charge in [-0.2, -0.15) is 5.10 Å². The minimum absolute atomic E-state index is 0.225. The largest absolute Gasteiger partial charge is 0.341 e. The van der Waals surface area contributed by atoms with Crippen LogP contribution in [0.4, 0.5) is 23.9 Å². The van der Waals surface area contributed by atoms with Crippen LogP contribution in [0.15, 0.2) is 29.5 Å². The first-order valence-electron chi connectivity index (χ1n) is 11.4. The van der Waals surface area contributed by atoms with E-state index in [0.29, 0.717) is 57.2 Å². The van der Waals surface area contributed by atoms with Crippen molar-refractivity contribution in [3.63, 3.8) is 0 Å². The fourth-order valence-corrected chi connectivity index (χ4v) is 4.56. The van der Waals surface area contributed by atoms with E-state index in [1.54, 1.807) is 20.9 Å².